The lowest BCUT2D eigenvalue weighted by molar-refractivity contribution is 0.102. The Bertz CT molecular complexity index is 848. The molecule has 100 valence electrons. The van der Waals surface area contributed by atoms with Gasteiger partial charge in [0.05, 0.1) is 10.2 Å². The first-order valence-electron chi connectivity index (χ1n) is 6.12. The molecule has 0 saturated carbocycles. The van der Waals surface area contributed by atoms with E-state index in [0.29, 0.717) is 10.4 Å². The second-order valence-electron chi connectivity index (χ2n) is 4.46. The molecule has 3 aromatic rings. The van der Waals surface area contributed by atoms with Gasteiger partial charge in [-0.1, -0.05) is 18.2 Å². The zero-order valence-corrected chi connectivity index (χ0v) is 11.6. The Labute approximate surface area is 119 Å². The van der Waals surface area contributed by atoms with Gasteiger partial charge in [0.15, 0.2) is 0 Å². The van der Waals surface area contributed by atoms with Crippen molar-refractivity contribution < 1.29 is 4.79 Å². The van der Waals surface area contributed by atoms with E-state index >= 15 is 0 Å². The summed E-state index contributed by atoms with van der Waals surface area (Å²) in [6, 6.07) is 9.28. The number of carbonyl (C=O) groups is 1. The number of aromatic amines is 1. The van der Waals surface area contributed by atoms with Gasteiger partial charge in [0, 0.05) is 11.9 Å². The number of pyridine rings is 1. The Morgan fingerprint density at radius 1 is 1.25 bits per heavy atom. The van der Waals surface area contributed by atoms with E-state index in [-0.39, 0.29) is 11.0 Å². The molecule has 2 heterocycles. The van der Waals surface area contributed by atoms with Gasteiger partial charge in [-0.2, -0.15) is 0 Å². The summed E-state index contributed by atoms with van der Waals surface area (Å²) in [5, 5.41) is 4.59. The Morgan fingerprint density at radius 2 is 2.05 bits per heavy atom. The summed E-state index contributed by atoms with van der Waals surface area (Å²) in [4.78, 5) is 27.4. The number of carbonyl (C=O) groups excluding carboxylic acids is 1. The number of rotatable bonds is 2. The third-order valence-corrected chi connectivity index (χ3v) is 4.04. The molecule has 0 fully saturated rings. The molecular weight excluding hydrogens is 272 g/mol. The Kier molecular flexibility index (Phi) is 3.12. The van der Waals surface area contributed by atoms with Crippen molar-refractivity contribution in [3.63, 3.8) is 0 Å². The number of amides is 1. The van der Waals surface area contributed by atoms with Crippen LogP contribution < -0.4 is 10.7 Å². The van der Waals surface area contributed by atoms with Crippen molar-refractivity contribution in [1.29, 1.82) is 0 Å². The highest BCUT2D eigenvalue weighted by molar-refractivity contribution is 7.17. The van der Waals surface area contributed by atoms with E-state index in [0.717, 1.165) is 11.1 Å². The summed E-state index contributed by atoms with van der Waals surface area (Å²) in [7, 11) is 0. The number of aryl methyl sites for hydroxylation is 1. The minimum atomic E-state index is -0.393. The number of hydrogen-bond donors (Lipinski definition) is 2. The predicted molar refractivity (Wildman–Crippen MR) is 81.6 cm³/mol. The number of benzene rings is 1. The lowest BCUT2D eigenvalue weighted by Crippen LogP contribution is -2.21. The van der Waals surface area contributed by atoms with Crippen LogP contribution >= 0.6 is 11.3 Å². The third kappa shape index (κ3) is 2.12. The molecule has 4 nitrogen and oxygen atoms in total. The van der Waals surface area contributed by atoms with Crippen molar-refractivity contribution in [3.8, 4) is 0 Å². The van der Waals surface area contributed by atoms with Gasteiger partial charge in [0.25, 0.3) is 5.91 Å². The molecule has 1 amide bonds. The van der Waals surface area contributed by atoms with Crippen molar-refractivity contribution in [2.24, 2.45) is 0 Å². The van der Waals surface area contributed by atoms with E-state index in [1.54, 1.807) is 0 Å². The van der Waals surface area contributed by atoms with Crippen LogP contribution in [0.4, 0.5) is 5.69 Å². The number of fused-ring (bicyclic) bond motifs is 1. The number of aromatic nitrogens is 1. The molecule has 0 bridgehead atoms. The van der Waals surface area contributed by atoms with Crippen LogP contribution in [0.25, 0.3) is 10.2 Å². The van der Waals surface area contributed by atoms with E-state index in [1.165, 1.54) is 17.5 Å². The summed E-state index contributed by atoms with van der Waals surface area (Å²) in [5.41, 5.74) is 2.31. The number of thiophene rings is 1. The SMILES string of the molecule is Cc1ccccc1NC(=O)c1c[nH]c2ccsc2c1=O. The summed E-state index contributed by atoms with van der Waals surface area (Å²) >= 11 is 1.33. The molecule has 0 aliphatic carbocycles. The van der Waals surface area contributed by atoms with Crippen LogP contribution in [0, 0.1) is 6.92 Å². The highest BCUT2D eigenvalue weighted by Gasteiger charge is 2.14. The van der Waals surface area contributed by atoms with Crippen molar-refractivity contribution in [3.05, 3.63) is 63.3 Å². The van der Waals surface area contributed by atoms with E-state index < -0.39 is 5.91 Å². The molecule has 0 unspecified atom stereocenters. The molecule has 3 rings (SSSR count). The molecule has 0 atom stereocenters. The minimum absolute atomic E-state index is 0.128. The van der Waals surface area contributed by atoms with Crippen molar-refractivity contribution in [2.45, 2.75) is 6.92 Å². The number of hydrogen-bond acceptors (Lipinski definition) is 3. The topological polar surface area (TPSA) is 62.0 Å². The smallest absolute Gasteiger partial charge is 0.261 e. The summed E-state index contributed by atoms with van der Waals surface area (Å²) in [5.74, 6) is -0.393. The molecule has 2 N–H and O–H groups in total. The zero-order valence-electron chi connectivity index (χ0n) is 10.8. The maximum absolute atomic E-state index is 12.2. The van der Waals surface area contributed by atoms with Gasteiger partial charge in [0.2, 0.25) is 5.43 Å². The number of anilines is 1. The van der Waals surface area contributed by atoms with Gasteiger partial charge in [-0.25, -0.2) is 0 Å². The molecule has 0 saturated heterocycles. The van der Waals surface area contributed by atoms with Crippen LogP contribution in [0.15, 0.2) is 46.7 Å². The van der Waals surface area contributed by atoms with E-state index in [9.17, 15) is 9.59 Å². The predicted octanol–water partition coefficient (Wildman–Crippen LogP) is 3.15. The van der Waals surface area contributed by atoms with Crippen LogP contribution in [0.5, 0.6) is 0 Å². The van der Waals surface area contributed by atoms with E-state index in [2.05, 4.69) is 10.3 Å². The van der Waals surface area contributed by atoms with Crippen molar-refractivity contribution >= 4 is 33.1 Å². The van der Waals surface area contributed by atoms with Gasteiger partial charge in [-0.3, -0.25) is 9.59 Å². The van der Waals surface area contributed by atoms with Crippen molar-refractivity contribution in [2.75, 3.05) is 5.32 Å². The lowest BCUT2D eigenvalue weighted by atomic mass is 10.2. The first-order valence-corrected chi connectivity index (χ1v) is 7.00. The Hall–Kier alpha value is -2.40. The number of H-pyrrole nitrogens is 1. The molecule has 2 aromatic heterocycles. The van der Waals surface area contributed by atoms with Crippen LogP contribution in [0.1, 0.15) is 15.9 Å². The molecule has 0 spiro atoms. The van der Waals surface area contributed by atoms with Gasteiger partial charge in [0.1, 0.15) is 5.56 Å². The summed E-state index contributed by atoms with van der Waals surface area (Å²) < 4.78 is 0.572. The van der Waals surface area contributed by atoms with Crippen LogP contribution in [-0.2, 0) is 0 Å². The maximum atomic E-state index is 12.2. The van der Waals surface area contributed by atoms with Crippen LogP contribution in [0.3, 0.4) is 0 Å². The second kappa shape index (κ2) is 4.94. The monoisotopic (exact) mass is 284 g/mol. The normalized spacial score (nSPS) is 10.7. The van der Waals surface area contributed by atoms with Gasteiger partial charge in [-0.15, -0.1) is 11.3 Å². The molecule has 5 heteroatoms. The van der Waals surface area contributed by atoms with Crippen LogP contribution in [0.2, 0.25) is 0 Å². The molecule has 0 aliphatic heterocycles. The average Bonchev–Trinajstić information content (AvgIpc) is 2.91. The molecule has 1 aromatic carbocycles. The second-order valence-corrected chi connectivity index (χ2v) is 5.38. The summed E-state index contributed by atoms with van der Waals surface area (Å²) in [6.45, 7) is 1.91. The largest absolute Gasteiger partial charge is 0.359 e. The van der Waals surface area contributed by atoms with Gasteiger partial charge < -0.3 is 10.3 Å². The lowest BCUT2D eigenvalue weighted by Gasteiger charge is -2.07. The molecule has 0 radical (unpaired) electrons. The zero-order chi connectivity index (χ0) is 14.1. The average molecular weight is 284 g/mol. The number of nitrogens with one attached hydrogen (secondary N) is 2. The van der Waals surface area contributed by atoms with Gasteiger partial charge in [-0.05, 0) is 30.0 Å². The first kappa shape index (κ1) is 12.6. The summed E-state index contributed by atoms with van der Waals surface area (Å²) in [6.07, 6.45) is 1.46. The molecule has 20 heavy (non-hydrogen) atoms. The third-order valence-electron chi connectivity index (χ3n) is 3.13. The van der Waals surface area contributed by atoms with Crippen LogP contribution in [-0.4, -0.2) is 10.9 Å². The fraction of sp³-hybridized carbons (Fsp3) is 0.0667. The van der Waals surface area contributed by atoms with E-state index in [1.807, 2.05) is 42.6 Å². The van der Waals surface area contributed by atoms with Crippen molar-refractivity contribution in [1.82, 2.24) is 4.98 Å². The maximum Gasteiger partial charge on any atom is 0.261 e. The Balaban J connectivity index is 1.99. The molecule has 0 aliphatic rings. The standard InChI is InChI=1S/C15H12N2O2S/c1-9-4-2-3-5-11(9)17-15(19)10-8-16-12-6-7-20-14(12)13(10)18/h2-8H,1H3,(H,16,18)(H,17,19). The quantitative estimate of drug-likeness (QED) is 0.759. The Morgan fingerprint density at radius 3 is 2.85 bits per heavy atom. The fourth-order valence-electron chi connectivity index (χ4n) is 2.01. The fourth-order valence-corrected chi connectivity index (χ4v) is 2.82. The minimum Gasteiger partial charge on any atom is -0.359 e. The van der Waals surface area contributed by atoms with E-state index in [4.69, 9.17) is 0 Å². The highest BCUT2D eigenvalue weighted by Crippen LogP contribution is 2.17. The first-order chi connectivity index (χ1) is 9.66. The van der Waals surface area contributed by atoms with Gasteiger partial charge >= 0.3 is 0 Å². The molecular formula is C15H12N2O2S. The highest BCUT2D eigenvalue weighted by atomic mass is 32.1. The number of para-hydroxylation sites is 1.